The van der Waals surface area contributed by atoms with Crippen LogP contribution in [0.4, 0.5) is 0 Å². The van der Waals surface area contributed by atoms with Crippen molar-refractivity contribution in [3.8, 4) is 5.75 Å². The predicted octanol–water partition coefficient (Wildman–Crippen LogP) is 3.33. The molecular weight excluding hydrogens is 240 g/mol. The molecule has 3 rings (SSSR count). The Labute approximate surface area is 112 Å². The van der Waals surface area contributed by atoms with E-state index in [0.29, 0.717) is 0 Å². The van der Waals surface area contributed by atoms with Crippen LogP contribution in [0.25, 0.3) is 10.9 Å². The number of methoxy groups -OCH3 is 1. The molecule has 0 spiro atoms. The van der Waals surface area contributed by atoms with E-state index in [4.69, 9.17) is 4.74 Å². The van der Waals surface area contributed by atoms with E-state index in [0.717, 1.165) is 40.9 Å². The number of aromatic nitrogens is 1. The average Bonchev–Trinajstić information content (AvgIpc) is 2.74. The lowest BCUT2D eigenvalue weighted by Gasteiger charge is -2.30. The van der Waals surface area contributed by atoms with Crippen LogP contribution in [-0.4, -0.2) is 23.0 Å². The molecular formula is C15H18N2O2. The van der Waals surface area contributed by atoms with Crippen molar-refractivity contribution in [3.63, 3.8) is 0 Å². The highest BCUT2D eigenvalue weighted by molar-refractivity contribution is 6.09. The summed E-state index contributed by atoms with van der Waals surface area (Å²) in [5, 5.41) is 14.0. The summed E-state index contributed by atoms with van der Waals surface area (Å²) in [6, 6.07) is 5.98. The fraction of sp³-hybridized carbons (Fsp3) is 0.400. The molecule has 1 aliphatic carbocycles. The van der Waals surface area contributed by atoms with Gasteiger partial charge in [-0.3, -0.25) is 0 Å². The Kier molecular flexibility index (Phi) is 2.55. The van der Waals surface area contributed by atoms with Gasteiger partial charge in [0, 0.05) is 16.3 Å². The average molecular weight is 258 g/mol. The normalized spacial score (nSPS) is 19.6. The largest absolute Gasteiger partial charge is 0.497 e. The van der Waals surface area contributed by atoms with Gasteiger partial charge in [-0.05, 0) is 36.6 Å². The third-order valence-corrected chi connectivity index (χ3v) is 4.09. The molecule has 1 aromatic heterocycles. The van der Waals surface area contributed by atoms with Gasteiger partial charge in [-0.25, -0.2) is 0 Å². The number of ether oxygens (including phenoxy) is 1. The van der Waals surface area contributed by atoms with Crippen LogP contribution in [0.1, 0.15) is 31.5 Å². The lowest BCUT2D eigenvalue weighted by Crippen LogP contribution is -2.31. The second kappa shape index (κ2) is 4.02. The van der Waals surface area contributed by atoms with Crippen LogP contribution >= 0.6 is 0 Å². The summed E-state index contributed by atoms with van der Waals surface area (Å²) in [6.07, 6.45) is 1.96. The Balaban J connectivity index is 2.26. The van der Waals surface area contributed by atoms with Crippen LogP contribution in [0.2, 0.25) is 0 Å². The Morgan fingerprint density at radius 3 is 2.84 bits per heavy atom. The maximum atomic E-state index is 9.34. The Hall–Kier alpha value is -1.97. The number of hydrogen-bond acceptors (Lipinski definition) is 3. The summed E-state index contributed by atoms with van der Waals surface area (Å²) in [5.41, 5.74) is 3.88. The Morgan fingerprint density at radius 2 is 2.16 bits per heavy atom. The first-order chi connectivity index (χ1) is 9.06. The van der Waals surface area contributed by atoms with E-state index < -0.39 is 0 Å². The number of benzene rings is 1. The fourth-order valence-corrected chi connectivity index (χ4v) is 2.90. The van der Waals surface area contributed by atoms with Crippen molar-refractivity contribution in [1.29, 1.82) is 0 Å². The maximum Gasteiger partial charge on any atom is 0.119 e. The third kappa shape index (κ3) is 1.70. The minimum atomic E-state index is -0.104. The van der Waals surface area contributed by atoms with Crippen molar-refractivity contribution >= 4 is 16.6 Å². The van der Waals surface area contributed by atoms with Gasteiger partial charge in [-0.15, -0.1) is 0 Å². The van der Waals surface area contributed by atoms with Gasteiger partial charge >= 0.3 is 0 Å². The minimum absolute atomic E-state index is 0.104. The fourth-order valence-electron chi connectivity index (χ4n) is 2.90. The molecule has 0 aliphatic heterocycles. The summed E-state index contributed by atoms with van der Waals surface area (Å²) >= 11 is 0. The number of aromatic amines is 1. The molecule has 2 aromatic rings. The van der Waals surface area contributed by atoms with E-state index in [-0.39, 0.29) is 5.41 Å². The molecule has 19 heavy (non-hydrogen) atoms. The number of fused-ring (bicyclic) bond motifs is 3. The Morgan fingerprint density at radius 1 is 1.37 bits per heavy atom. The standard InChI is InChI=1S/C15H18N2O2/c1-15(2)7-6-10-11-8-9(19-3)4-5-12(11)16-13(10)14(15)17-18/h4-5,8,16,18H,6-7H2,1-3H3/b17-14+. The molecule has 0 unspecified atom stereocenters. The zero-order valence-electron chi connectivity index (χ0n) is 11.4. The molecule has 1 aliphatic rings. The summed E-state index contributed by atoms with van der Waals surface area (Å²) in [5.74, 6) is 0.849. The van der Waals surface area contributed by atoms with Gasteiger partial charge < -0.3 is 14.9 Å². The lowest BCUT2D eigenvalue weighted by atomic mass is 9.75. The van der Waals surface area contributed by atoms with E-state index in [1.165, 1.54) is 5.56 Å². The van der Waals surface area contributed by atoms with Crippen LogP contribution in [0.5, 0.6) is 5.75 Å². The quantitative estimate of drug-likeness (QED) is 0.609. The molecule has 0 fully saturated rings. The SMILES string of the molecule is COc1ccc2[nH]c3c(c2c1)CCC(C)(C)/C3=N/O. The van der Waals surface area contributed by atoms with Gasteiger partial charge in [0.2, 0.25) is 0 Å². The van der Waals surface area contributed by atoms with E-state index >= 15 is 0 Å². The van der Waals surface area contributed by atoms with Crippen LogP contribution in [-0.2, 0) is 6.42 Å². The summed E-state index contributed by atoms with van der Waals surface area (Å²) in [6.45, 7) is 4.22. The van der Waals surface area contributed by atoms with Gasteiger partial charge in [0.1, 0.15) is 11.5 Å². The lowest BCUT2D eigenvalue weighted by molar-refractivity contribution is 0.305. The number of nitrogens with one attached hydrogen (secondary N) is 1. The van der Waals surface area contributed by atoms with Gasteiger partial charge in [0.05, 0.1) is 12.8 Å². The molecule has 0 bridgehead atoms. The molecule has 0 atom stereocenters. The highest BCUT2D eigenvalue weighted by Crippen LogP contribution is 2.39. The van der Waals surface area contributed by atoms with E-state index in [1.807, 2.05) is 18.2 Å². The number of oxime groups is 1. The van der Waals surface area contributed by atoms with E-state index in [2.05, 4.69) is 24.0 Å². The van der Waals surface area contributed by atoms with Crippen LogP contribution in [0, 0.1) is 5.41 Å². The number of H-pyrrole nitrogens is 1. The molecule has 4 nitrogen and oxygen atoms in total. The molecule has 2 N–H and O–H groups in total. The predicted molar refractivity (Wildman–Crippen MR) is 75.3 cm³/mol. The molecule has 0 radical (unpaired) electrons. The highest BCUT2D eigenvalue weighted by Gasteiger charge is 2.35. The zero-order valence-corrected chi connectivity index (χ0v) is 11.4. The zero-order chi connectivity index (χ0) is 13.6. The van der Waals surface area contributed by atoms with E-state index in [1.54, 1.807) is 7.11 Å². The van der Waals surface area contributed by atoms with Crippen LogP contribution < -0.4 is 4.74 Å². The minimum Gasteiger partial charge on any atom is -0.497 e. The van der Waals surface area contributed by atoms with Crippen molar-refractivity contribution in [3.05, 3.63) is 29.5 Å². The van der Waals surface area contributed by atoms with Gasteiger partial charge in [-0.2, -0.15) is 0 Å². The summed E-state index contributed by atoms with van der Waals surface area (Å²) in [4.78, 5) is 3.38. The number of aryl methyl sites for hydroxylation is 1. The van der Waals surface area contributed by atoms with Crippen molar-refractivity contribution in [2.45, 2.75) is 26.7 Å². The number of hydrogen-bond donors (Lipinski definition) is 2. The monoisotopic (exact) mass is 258 g/mol. The first-order valence-corrected chi connectivity index (χ1v) is 6.48. The summed E-state index contributed by atoms with van der Waals surface area (Å²) in [7, 11) is 1.67. The van der Waals surface area contributed by atoms with Crippen molar-refractivity contribution in [1.82, 2.24) is 4.98 Å². The second-order valence-electron chi connectivity index (χ2n) is 5.72. The van der Waals surface area contributed by atoms with Crippen molar-refractivity contribution in [2.75, 3.05) is 7.11 Å². The highest BCUT2D eigenvalue weighted by atomic mass is 16.5. The third-order valence-electron chi connectivity index (χ3n) is 4.09. The molecule has 1 aromatic carbocycles. The maximum absolute atomic E-state index is 9.34. The van der Waals surface area contributed by atoms with Gasteiger partial charge in [0.15, 0.2) is 0 Å². The van der Waals surface area contributed by atoms with Crippen molar-refractivity contribution in [2.24, 2.45) is 10.6 Å². The van der Waals surface area contributed by atoms with Crippen molar-refractivity contribution < 1.29 is 9.94 Å². The molecule has 4 heteroatoms. The first kappa shape index (κ1) is 12.1. The number of rotatable bonds is 1. The molecule has 1 heterocycles. The molecule has 0 saturated heterocycles. The Bertz CT molecular complexity index is 668. The number of nitrogens with zero attached hydrogens (tertiary/aromatic N) is 1. The molecule has 0 saturated carbocycles. The summed E-state index contributed by atoms with van der Waals surface area (Å²) < 4.78 is 5.28. The molecule has 0 amide bonds. The second-order valence-corrected chi connectivity index (χ2v) is 5.72. The first-order valence-electron chi connectivity index (χ1n) is 6.48. The smallest absolute Gasteiger partial charge is 0.119 e. The topological polar surface area (TPSA) is 57.6 Å². The van der Waals surface area contributed by atoms with E-state index in [9.17, 15) is 5.21 Å². The van der Waals surface area contributed by atoms with Gasteiger partial charge in [0.25, 0.3) is 0 Å². The van der Waals surface area contributed by atoms with Crippen LogP contribution in [0.15, 0.2) is 23.4 Å². The molecule has 100 valence electrons. The van der Waals surface area contributed by atoms with Gasteiger partial charge in [-0.1, -0.05) is 19.0 Å². The van der Waals surface area contributed by atoms with Crippen LogP contribution in [0.3, 0.4) is 0 Å².